The smallest absolute Gasteiger partial charge is 0.215 e. The first-order valence-corrected chi connectivity index (χ1v) is 6.50. The summed E-state index contributed by atoms with van der Waals surface area (Å²) in [5.74, 6) is 0. The average Bonchev–Trinajstić information content (AvgIpc) is 2.28. The fourth-order valence-electron chi connectivity index (χ4n) is 1.14. The summed E-state index contributed by atoms with van der Waals surface area (Å²) in [5.41, 5.74) is 0.600. The van der Waals surface area contributed by atoms with Gasteiger partial charge >= 0.3 is 0 Å². The number of aromatic nitrogens is 2. The molecule has 0 saturated carbocycles. The van der Waals surface area contributed by atoms with E-state index in [0.29, 0.717) is 12.2 Å². The number of nitrogens with zero attached hydrogens (tertiary/aromatic N) is 2. The van der Waals surface area contributed by atoms with Gasteiger partial charge in [0.2, 0.25) is 10.0 Å². The van der Waals surface area contributed by atoms with Crippen molar-refractivity contribution in [2.75, 3.05) is 13.6 Å². The van der Waals surface area contributed by atoms with Gasteiger partial charge in [0, 0.05) is 12.7 Å². The minimum Gasteiger partial charge on any atom is -0.318 e. The normalized spacial score (nSPS) is 13.6. The lowest BCUT2D eigenvalue weighted by atomic mass is 10.4. The van der Waals surface area contributed by atoms with Gasteiger partial charge in [0.25, 0.3) is 0 Å². The zero-order valence-corrected chi connectivity index (χ0v) is 10.2. The number of nitrogens with one attached hydrogen (secondary N) is 2. The predicted octanol–water partition coefficient (Wildman–Crippen LogP) is -0.496. The molecule has 1 aromatic heterocycles. The molecule has 7 heteroatoms. The summed E-state index contributed by atoms with van der Waals surface area (Å²) < 4.78 is 25.9. The number of hydrogen-bond donors (Lipinski definition) is 2. The first-order valence-electron chi connectivity index (χ1n) is 4.96. The second-order valence-electron chi connectivity index (χ2n) is 3.45. The van der Waals surface area contributed by atoms with Crippen molar-refractivity contribution in [3.63, 3.8) is 0 Å². The zero-order chi connectivity index (χ0) is 12.0. The van der Waals surface area contributed by atoms with Crippen molar-refractivity contribution in [1.29, 1.82) is 0 Å². The Balaban J connectivity index is 2.55. The van der Waals surface area contributed by atoms with Crippen LogP contribution in [0.25, 0.3) is 0 Å². The van der Waals surface area contributed by atoms with Crippen LogP contribution in [-0.2, 0) is 16.6 Å². The lowest BCUT2D eigenvalue weighted by Gasteiger charge is -2.12. The number of sulfonamides is 1. The standard InChI is InChI=1S/C9H16N4O2S/c1-8(6-10-2)16(14,15)12-7-9-4-3-5-11-13-9/h3-5,8,10,12H,6-7H2,1-2H3. The minimum atomic E-state index is -3.30. The van der Waals surface area contributed by atoms with Gasteiger partial charge in [0.05, 0.1) is 17.5 Å². The second kappa shape index (κ2) is 5.88. The maximum atomic E-state index is 11.7. The Bertz CT molecular complexity index is 407. The van der Waals surface area contributed by atoms with Crippen LogP contribution in [0, 0.1) is 0 Å². The van der Waals surface area contributed by atoms with Crippen LogP contribution in [0.3, 0.4) is 0 Å². The van der Waals surface area contributed by atoms with E-state index in [1.807, 2.05) is 0 Å². The monoisotopic (exact) mass is 244 g/mol. The molecule has 0 spiro atoms. The van der Waals surface area contributed by atoms with E-state index in [-0.39, 0.29) is 6.54 Å². The van der Waals surface area contributed by atoms with Crippen LogP contribution >= 0.6 is 0 Å². The summed E-state index contributed by atoms with van der Waals surface area (Å²) in [6, 6.07) is 3.44. The van der Waals surface area contributed by atoms with E-state index in [9.17, 15) is 8.42 Å². The van der Waals surface area contributed by atoms with Crippen LogP contribution < -0.4 is 10.0 Å². The van der Waals surface area contributed by atoms with Crippen molar-refractivity contribution < 1.29 is 8.42 Å². The first kappa shape index (κ1) is 13.0. The van der Waals surface area contributed by atoms with E-state index >= 15 is 0 Å². The zero-order valence-electron chi connectivity index (χ0n) is 9.34. The van der Waals surface area contributed by atoms with E-state index in [1.54, 1.807) is 32.3 Å². The Labute approximate surface area is 95.5 Å². The average molecular weight is 244 g/mol. The van der Waals surface area contributed by atoms with Crippen molar-refractivity contribution >= 4 is 10.0 Å². The summed E-state index contributed by atoms with van der Waals surface area (Å²) in [6.45, 7) is 2.23. The predicted molar refractivity (Wildman–Crippen MR) is 61.2 cm³/mol. The third kappa shape index (κ3) is 3.84. The van der Waals surface area contributed by atoms with Crippen LogP contribution in [0.4, 0.5) is 0 Å². The quantitative estimate of drug-likeness (QED) is 0.705. The molecule has 0 radical (unpaired) electrons. The SMILES string of the molecule is CNCC(C)S(=O)(=O)NCc1cccnn1. The van der Waals surface area contributed by atoms with Crippen molar-refractivity contribution in [1.82, 2.24) is 20.2 Å². The lowest BCUT2D eigenvalue weighted by Crippen LogP contribution is -2.37. The van der Waals surface area contributed by atoms with Gasteiger partial charge in [-0.2, -0.15) is 10.2 Å². The van der Waals surface area contributed by atoms with E-state index < -0.39 is 15.3 Å². The molecule has 16 heavy (non-hydrogen) atoms. The van der Waals surface area contributed by atoms with Crippen LogP contribution in [-0.4, -0.2) is 37.5 Å². The molecule has 90 valence electrons. The van der Waals surface area contributed by atoms with Crippen LogP contribution in [0.2, 0.25) is 0 Å². The van der Waals surface area contributed by atoms with Crippen LogP contribution in [0.5, 0.6) is 0 Å². The molecular formula is C9H16N4O2S. The molecule has 0 aliphatic heterocycles. The summed E-state index contributed by atoms with van der Waals surface area (Å²) in [7, 11) is -1.58. The molecule has 1 unspecified atom stereocenters. The number of rotatable bonds is 6. The van der Waals surface area contributed by atoms with Crippen molar-refractivity contribution in [2.24, 2.45) is 0 Å². The van der Waals surface area contributed by atoms with Gasteiger partial charge in [-0.05, 0) is 26.1 Å². The summed E-state index contributed by atoms with van der Waals surface area (Å²) in [5, 5.41) is 9.81. The van der Waals surface area contributed by atoms with Gasteiger partial charge in [-0.25, -0.2) is 13.1 Å². The Morgan fingerprint density at radius 3 is 2.81 bits per heavy atom. The second-order valence-corrected chi connectivity index (χ2v) is 5.63. The highest BCUT2D eigenvalue weighted by molar-refractivity contribution is 7.90. The molecule has 2 N–H and O–H groups in total. The molecule has 0 aromatic carbocycles. The molecule has 0 saturated heterocycles. The van der Waals surface area contributed by atoms with Gasteiger partial charge in [0.1, 0.15) is 0 Å². The third-order valence-corrected chi connectivity index (χ3v) is 3.88. The molecule has 1 atom stereocenters. The lowest BCUT2D eigenvalue weighted by molar-refractivity contribution is 0.562. The van der Waals surface area contributed by atoms with Crippen LogP contribution in [0.15, 0.2) is 18.3 Å². The first-order chi connectivity index (χ1) is 7.56. The van der Waals surface area contributed by atoms with Crippen LogP contribution in [0.1, 0.15) is 12.6 Å². The van der Waals surface area contributed by atoms with Gasteiger partial charge < -0.3 is 5.32 Å². The van der Waals surface area contributed by atoms with Gasteiger partial charge in [-0.15, -0.1) is 0 Å². The molecule has 0 aliphatic rings. The van der Waals surface area contributed by atoms with Gasteiger partial charge in [-0.1, -0.05) is 0 Å². The Morgan fingerprint density at radius 1 is 1.50 bits per heavy atom. The molecule has 0 bridgehead atoms. The summed E-state index contributed by atoms with van der Waals surface area (Å²) >= 11 is 0. The van der Waals surface area contributed by atoms with E-state index in [1.165, 1.54) is 0 Å². The van der Waals surface area contributed by atoms with Gasteiger partial charge in [-0.3, -0.25) is 0 Å². The highest BCUT2D eigenvalue weighted by atomic mass is 32.2. The molecule has 1 rings (SSSR count). The molecule has 0 aliphatic carbocycles. The Hall–Kier alpha value is -1.05. The molecule has 1 heterocycles. The maximum Gasteiger partial charge on any atom is 0.215 e. The Kier molecular flexibility index (Phi) is 4.78. The van der Waals surface area contributed by atoms with Crippen molar-refractivity contribution in [2.45, 2.75) is 18.7 Å². The van der Waals surface area contributed by atoms with Gasteiger partial charge in [0.15, 0.2) is 0 Å². The molecule has 0 fully saturated rings. The molecule has 1 aromatic rings. The number of hydrogen-bond acceptors (Lipinski definition) is 5. The Morgan fingerprint density at radius 2 is 2.25 bits per heavy atom. The summed E-state index contributed by atoms with van der Waals surface area (Å²) in [6.07, 6.45) is 1.54. The van der Waals surface area contributed by atoms with E-state index in [4.69, 9.17) is 0 Å². The highest BCUT2D eigenvalue weighted by Crippen LogP contribution is 1.99. The molecular weight excluding hydrogens is 228 g/mol. The van der Waals surface area contributed by atoms with Crippen molar-refractivity contribution in [3.8, 4) is 0 Å². The fraction of sp³-hybridized carbons (Fsp3) is 0.556. The topological polar surface area (TPSA) is 84.0 Å². The summed E-state index contributed by atoms with van der Waals surface area (Å²) in [4.78, 5) is 0. The maximum absolute atomic E-state index is 11.7. The highest BCUT2D eigenvalue weighted by Gasteiger charge is 2.19. The minimum absolute atomic E-state index is 0.171. The molecule has 6 nitrogen and oxygen atoms in total. The van der Waals surface area contributed by atoms with Crippen molar-refractivity contribution in [3.05, 3.63) is 24.0 Å². The molecule has 0 amide bonds. The van der Waals surface area contributed by atoms with E-state index in [2.05, 4.69) is 20.2 Å². The third-order valence-electron chi connectivity index (χ3n) is 2.10. The largest absolute Gasteiger partial charge is 0.318 e. The van der Waals surface area contributed by atoms with E-state index in [0.717, 1.165) is 0 Å². The fourth-order valence-corrected chi connectivity index (χ4v) is 2.16.